The quantitative estimate of drug-likeness (QED) is 0.705. The molecule has 0 bridgehead atoms. The van der Waals surface area contributed by atoms with Crippen molar-refractivity contribution in [2.24, 2.45) is 5.73 Å². The number of amides is 1. The monoisotopic (exact) mass is 396 g/mol. The fourth-order valence-corrected chi connectivity index (χ4v) is 3.66. The maximum atomic E-state index is 12.1. The molecule has 0 spiro atoms. The number of ether oxygens (including phenoxy) is 1. The van der Waals surface area contributed by atoms with Crippen LogP contribution in [0.25, 0.3) is 0 Å². The first-order chi connectivity index (χ1) is 13.4. The molecule has 0 aliphatic carbocycles. The molecule has 9 heteroatoms. The van der Waals surface area contributed by atoms with Gasteiger partial charge in [-0.15, -0.1) is 0 Å². The molecule has 0 aromatic carbocycles. The Morgan fingerprint density at radius 2 is 2.00 bits per heavy atom. The van der Waals surface area contributed by atoms with Crippen LogP contribution < -0.4 is 15.4 Å². The first-order valence-corrected chi connectivity index (χ1v) is 9.26. The molecule has 1 unspecified atom stereocenters. The lowest BCUT2D eigenvalue weighted by molar-refractivity contribution is -0.117. The Morgan fingerprint density at radius 1 is 1.32 bits per heavy atom. The predicted molar refractivity (Wildman–Crippen MR) is 106 cm³/mol. The number of methoxy groups -OCH3 is 1. The maximum absolute atomic E-state index is 12.1. The molecule has 28 heavy (non-hydrogen) atoms. The number of anilines is 1. The minimum absolute atomic E-state index is 0.273. The summed E-state index contributed by atoms with van der Waals surface area (Å²) in [6.07, 6.45) is 1.97. The number of carbonyl (C=O) groups excluding carboxylic acids is 1. The molecular formula is C19H20N6O2S. The van der Waals surface area contributed by atoms with Crippen molar-refractivity contribution in [2.75, 3.05) is 26.1 Å². The molecule has 0 saturated heterocycles. The van der Waals surface area contributed by atoms with E-state index in [1.165, 1.54) is 13.3 Å². The lowest BCUT2D eigenvalue weighted by Gasteiger charge is -2.20. The summed E-state index contributed by atoms with van der Waals surface area (Å²) in [5, 5.41) is 18.7. The number of aromatic nitrogens is 2. The highest BCUT2D eigenvalue weighted by Crippen LogP contribution is 2.38. The Balaban J connectivity index is 2.61. The van der Waals surface area contributed by atoms with Crippen molar-refractivity contribution in [1.29, 1.82) is 10.5 Å². The molecule has 2 rings (SSSR count). The van der Waals surface area contributed by atoms with E-state index < -0.39 is 11.2 Å². The zero-order chi connectivity index (χ0) is 20.8. The molecule has 0 radical (unpaired) electrons. The van der Waals surface area contributed by atoms with Gasteiger partial charge in [0.2, 0.25) is 5.91 Å². The second-order valence-corrected chi connectivity index (χ2v) is 7.06. The van der Waals surface area contributed by atoms with Crippen LogP contribution in [0.3, 0.4) is 0 Å². The van der Waals surface area contributed by atoms with Gasteiger partial charge in [-0.2, -0.15) is 10.5 Å². The van der Waals surface area contributed by atoms with Gasteiger partial charge >= 0.3 is 0 Å². The molecule has 2 N–H and O–H groups in total. The number of nitrogens with two attached hydrogens (primary N) is 1. The van der Waals surface area contributed by atoms with Crippen molar-refractivity contribution >= 4 is 23.5 Å². The molecule has 1 atom stereocenters. The number of thioether (sulfide) groups is 1. The van der Waals surface area contributed by atoms with Crippen molar-refractivity contribution in [1.82, 2.24) is 9.97 Å². The number of carbonyl (C=O) groups is 1. The highest BCUT2D eigenvalue weighted by molar-refractivity contribution is 8.00. The zero-order valence-electron chi connectivity index (χ0n) is 16.1. The largest absolute Gasteiger partial charge is 0.495 e. The summed E-state index contributed by atoms with van der Waals surface area (Å²) in [6, 6.07) is 7.58. The Labute approximate surface area is 167 Å². The third kappa shape index (κ3) is 4.16. The summed E-state index contributed by atoms with van der Waals surface area (Å²) in [5.74, 6) is 0.378. The van der Waals surface area contributed by atoms with E-state index in [1.54, 1.807) is 31.1 Å². The van der Waals surface area contributed by atoms with Crippen LogP contribution in [0, 0.1) is 22.7 Å². The second-order valence-electron chi connectivity index (χ2n) is 5.96. The number of rotatable bonds is 7. The third-order valence-corrected chi connectivity index (χ3v) is 5.23. The Hall–Kier alpha value is -3.30. The zero-order valence-corrected chi connectivity index (χ0v) is 16.9. The Kier molecular flexibility index (Phi) is 6.80. The highest BCUT2D eigenvalue weighted by atomic mass is 32.2. The van der Waals surface area contributed by atoms with Crippen LogP contribution in [-0.4, -0.2) is 37.1 Å². The number of pyridine rings is 2. The number of nitrogens with zero attached hydrogens (tertiary/aromatic N) is 5. The van der Waals surface area contributed by atoms with Crippen LogP contribution in [-0.2, 0) is 11.2 Å². The molecule has 2 aromatic rings. The van der Waals surface area contributed by atoms with Crippen LogP contribution in [0.1, 0.15) is 34.6 Å². The van der Waals surface area contributed by atoms with E-state index >= 15 is 0 Å². The van der Waals surface area contributed by atoms with E-state index in [0.29, 0.717) is 39.8 Å². The number of nitriles is 2. The van der Waals surface area contributed by atoms with E-state index in [0.717, 1.165) is 11.8 Å². The summed E-state index contributed by atoms with van der Waals surface area (Å²) in [7, 11) is 5.05. The van der Waals surface area contributed by atoms with Crippen molar-refractivity contribution in [3.05, 3.63) is 40.7 Å². The van der Waals surface area contributed by atoms with Crippen LogP contribution in [0.4, 0.5) is 5.82 Å². The van der Waals surface area contributed by atoms with Gasteiger partial charge < -0.3 is 15.4 Å². The van der Waals surface area contributed by atoms with E-state index in [4.69, 9.17) is 10.5 Å². The first kappa shape index (κ1) is 21.0. The topological polar surface area (TPSA) is 129 Å². The van der Waals surface area contributed by atoms with Crippen molar-refractivity contribution in [2.45, 2.75) is 23.6 Å². The Bertz CT molecular complexity index is 960. The van der Waals surface area contributed by atoms with Crippen molar-refractivity contribution in [3.63, 3.8) is 0 Å². The van der Waals surface area contributed by atoms with Gasteiger partial charge in [0.05, 0.1) is 30.1 Å². The van der Waals surface area contributed by atoms with Crippen LogP contribution >= 0.6 is 11.8 Å². The smallest absolute Gasteiger partial charge is 0.237 e. The predicted octanol–water partition coefficient (Wildman–Crippen LogP) is 2.18. The van der Waals surface area contributed by atoms with Gasteiger partial charge in [0.15, 0.2) is 0 Å². The van der Waals surface area contributed by atoms with Crippen LogP contribution in [0.2, 0.25) is 0 Å². The summed E-state index contributed by atoms with van der Waals surface area (Å²) in [6.45, 7) is 1.86. The molecule has 0 fully saturated rings. The molecule has 1 amide bonds. The van der Waals surface area contributed by atoms with Gasteiger partial charge in [-0.05, 0) is 24.1 Å². The van der Waals surface area contributed by atoms with E-state index in [1.807, 2.05) is 6.92 Å². The minimum Gasteiger partial charge on any atom is -0.495 e. The normalized spacial score (nSPS) is 11.2. The van der Waals surface area contributed by atoms with Crippen LogP contribution in [0.5, 0.6) is 5.75 Å². The summed E-state index contributed by atoms with van der Waals surface area (Å²) in [4.78, 5) is 22.5. The molecular weight excluding hydrogens is 376 g/mol. The molecule has 8 nitrogen and oxygen atoms in total. The van der Waals surface area contributed by atoms with Gasteiger partial charge in [-0.25, -0.2) is 4.98 Å². The minimum atomic E-state index is -0.849. The molecule has 2 heterocycles. The molecule has 0 aliphatic rings. The first-order valence-electron chi connectivity index (χ1n) is 8.38. The Morgan fingerprint density at radius 3 is 2.43 bits per heavy atom. The van der Waals surface area contributed by atoms with Gasteiger partial charge in [0.1, 0.15) is 34.0 Å². The lowest BCUT2D eigenvalue weighted by Crippen LogP contribution is -2.21. The number of primary amides is 1. The standard InChI is InChI=1S/C19H20N6O2S/c1-5-12-13(8-20)18(25(2)3)24-19(14(12)9-21)28-16(17(22)26)15-7-6-11(27-4)10-23-15/h6-7,10,16H,5H2,1-4H3,(H2,22,26). The van der Waals surface area contributed by atoms with Gasteiger partial charge in [0.25, 0.3) is 0 Å². The maximum Gasteiger partial charge on any atom is 0.237 e. The van der Waals surface area contributed by atoms with Crippen molar-refractivity contribution < 1.29 is 9.53 Å². The van der Waals surface area contributed by atoms with Crippen LogP contribution in [0.15, 0.2) is 23.4 Å². The van der Waals surface area contributed by atoms with Gasteiger partial charge in [-0.3, -0.25) is 9.78 Å². The highest BCUT2D eigenvalue weighted by Gasteiger charge is 2.27. The molecule has 0 aliphatic heterocycles. The van der Waals surface area contributed by atoms with Gasteiger partial charge in [-0.1, -0.05) is 18.7 Å². The fraction of sp³-hybridized carbons (Fsp3) is 0.316. The number of hydrogen-bond donors (Lipinski definition) is 1. The van der Waals surface area contributed by atoms with E-state index in [2.05, 4.69) is 22.1 Å². The lowest BCUT2D eigenvalue weighted by atomic mass is 10.0. The summed E-state index contributed by atoms with van der Waals surface area (Å²) >= 11 is 1.05. The number of hydrogen-bond acceptors (Lipinski definition) is 8. The average molecular weight is 396 g/mol. The fourth-order valence-electron chi connectivity index (χ4n) is 2.64. The summed E-state index contributed by atoms with van der Waals surface area (Å²) < 4.78 is 5.09. The second kappa shape index (κ2) is 9.07. The molecule has 144 valence electrons. The molecule has 2 aromatic heterocycles. The van der Waals surface area contributed by atoms with E-state index in [9.17, 15) is 15.3 Å². The third-order valence-electron chi connectivity index (χ3n) is 4.00. The summed E-state index contributed by atoms with van der Waals surface area (Å²) in [5.41, 5.74) is 7.25. The molecule has 0 saturated carbocycles. The van der Waals surface area contributed by atoms with Crippen molar-refractivity contribution in [3.8, 4) is 17.9 Å². The SMILES string of the molecule is CCc1c(C#N)c(SC(C(N)=O)c2ccc(OC)cn2)nc(N(C)C)c1C#N. The van der Waals surface area contributed by atoms with E-state index in [-0.39, 0.29) is 5.56 Å². The van der Waals surface area contributed by atoms with Gasteiger partial charge in [0, 0.05) is 14.1 Å². The average Bonchev–Trinajstić information content (AvgIpc) is 2.70.